The molecule has 24 heavy (non-hydrogen) atoms. The van der Waals surface area contributed by atoms with Crippen LogP contribution in [-0.4, -0.2) is 17.6 Å². The summed E-state index contributed by atoms with van der Waals surface area (Å²) in [6.45, 7) is 2.17. The van der Waals surface area contributed by atoms with Gasteiger partial charge in [0.2, 0.25) is 0 Å². The number of aromatic nitrogens is 1. The zero-order chi connectivity index (χ0) is 16.5. The topological polar surface area (TPSA) is 42.1 Å². The lowest BCUT2D eigenvalue weighted by Gasteiger charge is -2.05. The Bertz CT molecular complexity index is 1030. The maximum absolute atomic E-state index is 12.5. The van der Waals surface area contributed by atoms with Crippen molar-refractivity contribution in [2.24, 2.45) is 0 Å². The molecule has 3 heteroatoms. The minimum atomic E-state index is -0.323. The Labute approximate surface area is 139 Å². The van der Waals surface area contributed by atoms with Gasteiger partial charge in [0, 0.05) is 16.3 Å². The van der Waals surface area contributed by atoms with Crippen molar-refractivity contribution in [2.75, 3.05) is 6.61 Å². The number of nitrogens with one attached hydrogen (secondary N) is 1. The molecular formula is C21H17NO2. The van der Waals surface area contributed by atoms with Crippen molar-refractivity contribution < 1.29 is 9.53 Å². The van der Waals surface area contributed by atoms with Crippen molar-refractivity contribution in [1.82, 2.24) is 4.98 Å². The third-order valence-electron chi connectivity index (χ3n) is 4.24. The van der Waals surface area contributed by atoms with Gasteiger partial charge >= 0.3 is 5.97 Å². The molecule has 1 N–H and O–H groups in total. The molecule has 4 aromatic rings. The molecule has 1 heterocycles. The van der Waals surface area contributed by atoms with Gasteiger partial charge in [0.05, 0.1) is 12.1 Å². The fourth-order valence-corrected chi connectivity index (χ4v) is 3.20. The average molecular weight is 315 g/mol. The number of ether oxygens (including phenoxy) is 1. The molecule has 0 radical (unpaired) electrons. The third kappa shape index (κ3) is 2.26. The van der Waals surface area contributed by atoms with Crippen molar-refractivity contribution in [3.63, 3.8) is 0 Å². The van der Waals surface area contributed by atoms with Crippen LogP contribution in [0.1, 0.15) is 17.4 Å². The van der Waals surface area contributed by atoms with Crippen LogP contribution in [0.4, 0.5) is 0 Å². The molecule has 1 aromatic heterocycles. The number of hydrogen-bond donors (Lipinski definition) is 1. The first kappa shape index (κ1) is 14.5. The van der Waals surface area contributed by atoms with E-state index in [1.54, 1.807) is 0 Å². The van der Waals surface area contributed by atoms with Crippen molar-refractivity contribution in [1.29, 1.82) is 0 Å². The van der Waals surface area contributed by atoms with Crippen LogP contribution in [0.3, 0.4) is 0 Å². The number of rotatable bonds is 3. The van der Waals surface area contributed by atoms with Crippen LogP contribution >= 0.6 is 0 Å². The van der Waals surface area contributed by atoms with Gasteiger partial charge in [0.1, 0.15) is 5.69 Å². The van der Waals surface area contributed by atoms with Crippen LogP contribution in [0.25, 0.3) is 32.8 Å². The van der Waals surface area contributed by atoms with E-state index in [0.29, 0.717) is 12.3 Å². The zero-order valence-electron chi connectivity index (χ0n) is 13.4. The highest BCUT2D eigenvalue weighted by molar-refractivity contribution is 6.15. The number of aromatic amines is 1. The van der Waals surface area contributed by atoms with Gasteiger partial charge in [0.15, 0.2) is 0 Å². The normalized spacial score (nSPS) is 11.0. The SMILES string of the molecule is CCOC(=O)c1[nH]c2c(ccc3ccccc32)c1-c1ccccc1. The van der Waals surface area contributed by atoms with E-state index in [0.717, 1.165) is 32.8 Å². The molecule has 0 saturated heterocycles. The second kappa shape index (κ2) is 5.85. The van der Waals surface area contributed by atoms with E-state index in [1.807, 2.05) is 49.4 Å². The average Bonchev–Trinajstić information content (AvgIpc) is 3.03. The van der Waals surface area contributed by atoms with Gasteiger partial charge < -0.3 is 9.72 Å². The molecule has 0 atom stereocenters. The zero-order valence-corrected chi connectivity index (χ0v) is 13.4. The van der Waals surface area contributed by atoms with Crippen LogP contribution in [-0.2, 0) is 4.74 Å². The second-order valence-electron chi connectivity index (χ2n) is 5.67. The summed E-state index contributed by atoms with van der Waals surface area (Å²) in [6.07, 6.45) is 0. The molecule has 0 aliphatic carbocycles. The first-order valence-electron chi connectivity index (χ1n) is 8.05. The number of carbonyl (C=O) groups excluding carboxylic acids is 1. The molecule has 0 bridgehead atoms. The number of H-pyrrole nitrogens is 1. The summed E-state index contributed by atoms with van der Waals surface area (Å²) < 4.78 is 5.26. The van der Waals surface area contributed by atoms with Crippen LogP contribution in [0.15, 0.2) is 66.7 Å². The van der Waals surface area contributed by atoms with E-state index in [4.69, 9.17) is 4.74 Å². The molecule has 0 aliphatic rings. The number of fused-ring (bicyclic) bond motifs is 3. The van der Waals surface area contributed by atoms with Crippen molar-refractivity contribution in [2.45, 2.75) is 6.92 Å². The lowest BCUT2D eigenvalue weighted by Crippen LogP contribution is -2.06. The van der Waals surface area contributed by atoms with E-state index >= 15 is 0 Å². The van der Waals surface area contributed by atoms with Crippen LogP contribution in [0, 0.1) is 0 Å². The summed E-state index contributed by atoms with van der Waals surface area (Å²) in [5, 5.41) is 3.27. The van der Waals surface area contributed by atoms with E-state index in [-0.39, 0.29) is 5.97 Å². The summed E-state index contributed by atoms with van der Waals surface area (Å²) >= 11 is 0. The quantitative estimate of drug-likeness (QED) is 0.530. The molecular weight excluding hydrogens is 298 g/mol. The Morgan fingerprint density at radius 2 is 1.67 bits per heavy atom. The predicted octanol–water partition coefficient (Wildman–Crippen LogP) is 5.16. The van der Waals surface area contributed by atoms with Gasteiger partial charge in [-0.3, -0.25) is 0 Å². The fraction of sp³-hybridized carbons (Fsp3) is 0.0952. The number of benzene rings is 3. The third-order valence-corrected chi connectivity index (χ3v) is 4.24. The van der Waals surface area contributed by atoms with Crippen LogP contribution in [0.2, 0.25) is 0 Å². The highest BCUT2D eigenvalue weighted by Crippen LogP contribution is 2.36. The van der Waals surface area contributed by atoms with E-state index in [9.17, 15) is 4.79 Å². The van der Waals surface area contributed by atoms with E-state index in [1.165, 1.54) is 0 Å². The predicted molar refractivity (Wildman–Crippen MR) is 97.2 cm³/mol. The number of carbonyl (C=O) groups is 1. The largest absolute Gasteiger partial charge is 0.461 e. The first-order chi connectivity index (χ1) is 11.8. The fourth-order valence-electron chi connectivity index (χ4n) is 3.20. The lowest BCUT2D eigenvalue weighted by atomic mass is 9.99. The molecule has 0 fully saturated rings. The van der Waals surface area contributed by atoms with Gasteiger partial charge in [-0.15, -0.1) is 0 Å². The molecule has 0 unspecified atom stereocenters. The van der Waals surface area contributed by atoms with Crippen LogP contribution < -0.4 is 0 Å². The molecule has 118 valence electrons. The van der Waals surface area contributed by atoms with Gasteiger partial charge in [-0.25, -0.2) is 4.79 Å². The molecule has 0 aliphatic heterocycles. The highest BCUT2D eigenvalue weighted by Gasteiger charge is 2.21. The highest BCUT2D eigenvalue weighted by atomic mass is 16.5. The summed E-state index contributed by atoms with van der Waals surface area (Å²) in [4.78, 5) is 15.8. The van der Waals surface area contributed by atoms with Gasteiger partial charge in [0.25, 0.3) is 0 Å². The standard InChI is InChI=1S/C21H17NO2/c1-2-24-21(23)20-18(15-9-4-3-5-10-15)17-13-12-14-8-6-7-11-16(14)19(17)22-20/h3-13,22H,2H2,1H3. The van der Waals surface area contributed by atoms with Gasteiger partial charge in [-0.05, 0) is 17.9 Å². The Balaban J connectivity index is 2.08. The van der Waals surface area contributed by atoms with Crippen molar-refractivity contribution in [3.05, 3.63) is 72.4 Å². The van der Waals surface area contributed by atoms with Gasteiger partial charge in [-0.1, -0.05) is 66.7 Å². The molecule has 0 saturated carbocycles. The molecule has 3 nitrogen and oxygen atoms in total. The van der Waals surface area contributed by atoms with E-state index < -0.39 is 0 Å². The van der Waals surface area contributed by atoms with E-state index in [2.05, 4.69) is 29.2 Å². The van der Waals surface area contributed by atoms with Gasteiger partial charge in [-0.2, -0.15) is 0 Å². The summed E-state index contributed by atoms with van der Waals surface area (Å²) in [7, 11) is 0. The summed E-state index contributed by atoms with van der Waals surface area (Å²) in [5.41, 5.74) is 3.38. The number of hydrogen-bond acceptors (Lipinski definition) is 2. The first-order valence-corrected chi connectivity index (χ1v) is 8.05. The Kier molecular flexibility index (Phi) is 3.54. The molecule has 3 aromatic carbocycles. The smallest absolute Gasteiger partial charge is 0.355 e. The Hall–Kier alpha value is -3.07. The Morgan fingerprint density at radius 3 is 2.46 bits per heavy atom. The monoisotopic (exact) mass is 315 g/mol. The molecule has 0 spiro atoms. The lowest BCUT2D eigenvalue weighted by molar-refractivity contribution is 0.0521. The summed E-state index contributed by atoms with van der Waals surface area (Å²) in [5.74, 6) is -0.323. The maximum atomic E-state index is 12.5. The minimum Gasteiger partial charge on any atom is -0.461 e. The van der Waals surface area contributed by atoms with Crippen molar-refractivity contribution in [3.8, 4) is 11.1 Å². The van der Waals surface area contributed by atoms with Crippen molar-refractivity contribution >= 4 is 27.6 Å². The molecule has 0 amide bonds. The summed E-state index contributed by atoms with van der Waals surface area (Å²) in [6, 6.07) is 22.3. The van der Waals surface area contributed by atoms with Crippen LogP contribution in [0.5, 0.6) is 0 Å². The number of esters is 1. The molecule has 4 rings (SSSR count). The maximum Gasteiger partial charge on any atom is 0.355 e. The Morgan fingerprint density at radius 1 is 0.917 bits per heavy atom. The minimum absolute atomic E-state index is 0.323. The second-order valence-corrected chi connectivity index (χ2v) is 5.67.